The number of aromatic nitrogens is 1. The highest BCUT2D eigenvalue weighted by Gasteiger charge is 2.30. The second-order valence-corrected chi connectivity index (χ2v) is 7.26. The first kappa shape index (κ1) is 19.6. The van der Waals surface area contributed by atoms with Crippen LogP contribution in [0, 0.1) is 19.7 Å². The van der Waals surface area contributed by atoms with E-state index in [0.29, 0.717) is 17.8 Å². The van der Waals surface area contributed by atoms with Crippen molar-refractivity contribution in [3.05, 3.63) is 88.9 Å². The number of para-hydroxylation sites is 1. The summed E-state index contributed by atoms with van der Waals surface area (Å²) in [6.45, 7) is 3.86. The number of hydrogen-bond acceptors (Lipinski definition) is 5. The largest absolute Gasteiger partial charge is 0.365 e. The summed E-state index contributed by atoms with van der Waals surface area (Å²) >= 11 is 0. The Bertz CT molecular complexity index is 1130. The van der Waals surface area contributed by atoms with Crippen LogP contribution in [0.25, 0.3) is 0 Å². The summed E-state index contributed by atoms with van der Waals surface area (Å²) in [7, 11) is 0. The van der Waals surface area contributed by atoms with Gasteiger partial charge in [0.25, 0.3) is 5.91 Å². The average Bonchev–Trinajstić information content (AvgIpc) is 3.12. The van der Waals surface area contributed by atoms with Gasteiger partial charge >= 0.3 is 0 Å². The summed E-state index contributed by atoms with van der Waals surface area (Å²) in [6.07, 6.45) is 0.242. The van der Waals surface area contributed by atoms with Crippen molar-refractivity contribution in [1.29, 1.82) is 0 Å². The maximum atomic E-state index is 13.4. The van der Waals surface area contributed by atoms with Gasteiger partial charge in [-0.05, 0) is 55.3 Å². The number of rotatable bonds is 5. The lowest BCUT2D eigenvalue weighted by Crippen LogP contribution is -2.35. The quantitative estimate of drug-likeness (QED) is 0.675. The van der Waals surface area contributed by atoms with E-state index in [9.17, 15) is 9.18 Å². The van der Waals surface area contributed by atoms with E-state index in [2.05, 4.69) is 10.3 Å². The fourth-order valence-electron chi connectivity index (χ4n) is 3.51. The Labute approximate surface area is 174 Å². The van der Waals surface area contributed by atoms with Crippen molar-refractivity contribution in [2.45, 2.75) is 26.4 Å². The zero-order chi connectivity index (χ0) is 21.3. The van der Waals surface area contributed by atoms with E-state index in [0.717, 1.165) is 28.2 Å². The number of hydrogen-bond donors (Lipinski definition) is 2. The number of anilines is 2. The Morgan fingerprint density at radius 3 is 2.53 bits per heavy atom. The van der Waals surface area contributed by atoms with Crippen LogP contribution in [0.3, 0.4) is 0 Å². The number of nitrogens with zero attached hydrogens (tertiary/aromatic N) is 3. The lowest BCUT2D eigenvalue weighted by Gasteiger charge is -2.26. The smallest absolute Gasteiger partial charge is 0.252 e. The van der Waals surface area contributed by atoms with Crippen molar-refractivity contribution < 1.29 is 9.18 Å². The van der Waals surface area contributed by atoms with Crippen molar-refractivity contribution >= 4 is 23.1 Å². The minimum atomic E-state index is -0.551. The van der Waals surface area contributed by atoms with Crippen molar-refractivity contribution in [3.63, 3.8) is 0 Å². The summed E-state index contributed by atoms with van der Waals surface area (Å²) in [5, 5.41) is 10.0. The first-order chi connectivity index (χ1) is 14.4. The van der Waals surface area contributed by atoms with Gasteiger partial charge in [-0.25, -0.2) is 14.4 Å². The Kier molecular flexibility index (Phi) is 5.18. The lowest BCUT2D eigenvalue weighted by molar-refractivity contribution is 0.100. The second kappa shape index (κ2) is 7.94. The Morgan fingerprint density at radius 1 is 1.10 bits per heavy atom. The van der Waals surface area contributed by atoms with Crippen molar-refractivity contribution in [2.24, 2.45) is 10.8 Å². The highest BCUT2D eigenvalue weighted by Crippen LogP contribution is 2.30. The molecule has 4 rings (SSSR count). The van der Waals surface area contributed by atoms with Gasteiger partial charge in [0, 0.05) is 12.1 Å². The minimum Gasteiger partial charge on any atom is -0.365 e. The predicted octanol–water partition coefficient (Wildman–Crippen LogP) is 3.99. The van der Waals surface area contributed by atoms with Crippen LogP contribution in [0.4, 0.5) is 15.9 Å². The molecular weight excluding hydrogens is 381 g/mol. The van der Waals surface area contributed by atoms with E-state index in [1.807, 2.05) is 43.1 Å². The normalized spacial score (nSPS) is 15.8. The monoisotopic (exact) mass is 403 g/mol. The molecule has 1 amide bonds. The molecule has 1 aromatic heterocycles. The third-order valence-corrected chi connectivity index (χ3v) is 5.05. The molecule has 2 heterocycles. The van der Waals surface area contributed by atoms with Gasteiger partial charge in [0.15, 0.2) is 0 Å². The van der Waals surface area contributed by atoms with E-state index in [-0.39, 0.29) is 12.0 Å². The maximum Gasteiger partial charge on any atom is 0.252 e. The molecule has 0 saturated carbocycles. The standard InChI is InChI=1S/C23H22FN5O/c1-14-5-3-4-6-20(14)29-21(13-19(28-29)16-8-10-17(24)11-9-16)27-23-18(22(25)30)12-7-15(2)26-23/h3-12,21H,13H2,1-2H3,(H2,25,30)(H,26,27). The number of carbonyl (C=O) groups excluding carboxylic acids is 1. The van der Waals surface area contributed by atoms with Crippen LogP contribution in [-0.2, 0) is 0 Å². The summed E-state index contributed by atoms with van der Waals surface area (Å²) in [6, 6.07) is 17.6. The molecule has 2 aromatic carbocycles. The Morgan fingerprint density at radius 2 is 1.83 bits per heavy atom. The number of aryl methyl sites for hydroxylation is 2. The van der Waals surface area contributed by atoms with Gasteiger partial charge in [0.2, 0.25) is 0 Å². The van der Waals surface area contributed by atoms with E-state index in [4.69, 9.17) is 10.8 Å². The van der Waals surface area contributed by atoms with Crippen LogP contribution in [0.2, 0.25) is 0 Å². The molecule has 3 N–H and O–H groups in total. The van der Waals surface area contributed by atoms with E-state index in [1.165, 1.54) is 12.1 Å². The molecule has 0 bridgehead atoms. The van der Waals surface area contributed by atoms with Crippen LogP contribution in [0.1, 0.15) is 33.6 Å². The highest BCUT2D eigenvalue weighted by atomic mass is 19.1. The topological polar surface area (TPSA) is 83.6 Å². The first-order valence-electron chi connectivity index (χ1n) is 9.64. The molecule has 0 aliphatic carbocycles. The molecule has 1 aliphatic rings. The van der Waals surface area contributed by atoms with Crippen molar-refractivity contribution in [2.75, 3.05) is 10.3 Å². The van der Waals surface area contributed by atoms with Gasteiger partial charge in [-0.2, -0.15) is 5.10 Å². The molecule has 0 spiro atoms. The van der Waals surface area contributed by atoms with Crippen LogP contribution in [0.15, 0.2) is 65.8 Å². The molecule has 30 heavy (non-hydrogen) atoms. The van der Waals surface area contributed by atoms with Gasteiger partial charge < -0.3 is 11.1 Å². The van der Waals surface area contributed by atoms with Crippen molar-refractivity contribution in [1.82, 2.24) is 4.98 Å². The number of primary amides is 1. The fraction of sp³-hybridized carbons (Fsp3) is 0.174. The van der Waals surface area contributed by atoms with Gasteiger partial charge in [0.05, 0.1) is 17.0 Å². The molecule has 3 aromatic rings. The zero-order valence-corrected chi connectivity index (χ0v) is 16.8. The van der Waals surface area contributed by atoms with Gasteiger partial charge in [-0.3, -0.25) is 4.79 Å². The van der Waals surface area contributed by atoms with E-state index >= 15 is 0 Å². The minimum absolute atomic E-state index is 0.293. The average molecular weight is 403 g/mol. The van der Waals surface area contributed by atoms with Gasteiger partial charge in [0.1, 0.15) is 17.8 Å². The summed E-state index contributed by atoms with van der Waals surface area (Å²) < 4.78 is 13.4. The number of nitrogens with two attached hydrogens (primary N) is 1. The molecule has 1 unspecified atom stereocenters. The number of amides is 1. The van der Waals surface area contributed by atoms with Crippen LogP contribution >= 0.6 is 0 Å². The van der Waals surface area contributed by atoms with Crippen LogP contribution in [-0.4, -0.2) is 22.8 Å². The summed E-state index contributed by atoms with van der Waals surface area (Å²) in [5.41, 5.74) is 10.3. The third-order valence-electron chi connectivity index (χ3n) is 5.05. The Hall–Kier alpha value is -3.74. The molecule has 152 valence electrons. The molecule has 0 saturated heterocycles. The number of hydrazone groups is 1. The highest BCUT2D eigenvalue weighted by molar-refractivity contribution is 6.04. The number of pyridine rings is 1. The molecule has 6 nitrogen and oxygen atoms in total. The molecule has 7 heteroatoms. The Balaban J connectivity index is 1.73. The maximum absolute atomic E-state index is 13.4. The predicted molar refractivity (Wildman–Crippen MR) is 116 cm³/mol. The third kappa shape index (κ3) is 3.87. The van der Waals surface area contributed by atoms with Crippen LogP contribution in [0.5, 0.6) is 0 Å². The number of carbonyl (C=O) groups is 1. The molecule has 1 atom stereocenters. The number of benzene rings is 2. The van der Waals surface area contributed by atoms with Gasteiger partial charge in [-0.15, -0.1) is 0 Å². The summed E-state index contributed by atoms with van der Waals surface area (Å²) in [4.78, 5) is 16.4. The fourth-order valence-corrected chi connectivity index (χ4v) is 3.51. The molecule has 0 fully saturated rings. The van der Waals surface area contributed by atoms with E-state index < -0.39 is 5.91 Å². The number of halogens is 1. The SMILES string of the molecule is Cc1ccc(C(N)=O)c(NC2CC(c3ccc(F)cc3)=NN2c2ccccc2C)n1. The van der Waals surface area contributed by atoms with Crippen molar-refractivity contribution in [3.8, 4) is 0 Å². The second-order valence-electron chi connectivity index (χ2n) is 7.26. The van der Waals surface area contributed by atoms with Crippen LogP contribution < -0.4 is 16.1 Å². The first-order valence-corrected chi connectivity index (χ1v) is 9.64. The van der Waals surface area contributed by atoms with Gasteiger partial charge in [-0.1, -0.05) is 30.3 Å². The van der Waals surface area contributed by atoms with E-state index in [1.54, 1.807) is 24.3 Å². The molecular formula is C23H22FN5O. The molecule has 0 radical (unpaired) electrons. The molecule has 1 aliphatic heterocycles. The zero-order valence-electron chi connectivity index (χ0n) is 16.8. The summed E-state index contributed by atoms with van der Waals surface area (Å²) in [5.74, 6) is -0.426. The lowest BCUT2D eigenvalue weighted by atomic mass is 10.1. The number of nitrogens with one attached hydrogen (secondary N) is 1.